The van der Waals surface area contributed by atoms with Crippen LogP contribution in [0.25, 0.3) is 0 Å². The molecule has 2 rings (SSSR count). The quantitative estimate of drug-likeness (QED) is 0.812. The second kappa shape index (κ2) is 7.57. The molecule has 0 bridgehead atoms. The van der Waals surface area contributed by atoms with Gasteiger partial charge in [0.25, 0.3) is 0 Å². The molecule has 0 aliphatic carbocycles. The summed E-state index contributed by atoms with van der Waals surface area (Å²) in [5.74, 6) is 1.01. The van der Waals surface area contributed by atoms with Gasteiger partial charge in [0.15, 0.2) is 0 Å². The van der Waals surface area contributed by atoms with Crippen molar-refractivity contribution in [2.75, 3.05) is 6.54 Å². The average molecular weight is 307 g/mol. The molecule has 0 aliphatic rings. The smallest absolute Gasteiger partial charge is 0.129 e. The monoisotopic (exact) mass is 307 g/mol. The van der Waals surface area contributed by atoms with Crippen LogP contribution < -0.4 is 10.1 Å². The zero-order chi connectivity index (χ0) is 15.2. The number of hydrogen-bond donors (Lipinski definition) is 1. The number of ether oxygens (including phenoxy) is 1. The minimum absolute atomic E-state index is 0.225. The Morgan fingerprint density at radius 3 is 2.67 bits per heavy atom. The number of benzene rings is 1. The number of hydrogen-bond acceptors (Lipinski definition) is 3. The van der Waals surface area contributed by atoms with E-state index in [9.17, 15) is 4.39 Å². The van der Waals surface area contributed by atoms with Gasteiger partial charge < -0.3 is 10.1 Å². The van der Waals surface area contributed by atoms with E-state index in [4.69, 9.17) is 4.74 Å². The molecule has 114 valence electrons. The Hall–Kier alpha value is -1.39. The summed E-state index contributed by atoms with van der Waals surface area (Å²) in [6.07, 6.45) is 0. The van der Waals surface area contributed by atoms with Gasteiger partial charge in [-0.1, -0.05) is 19.9 Å². The van der Waals surface area contributed by atoms with E-state index < -0.39 is 0 Å². The van der Waals surface area contributed by atoms with E-state index in [1.165, 1.54) is 10.9 Å². The first kappa shape index (κ1) is 16.0. The molecular weight excluding hydrogens is 285 g/mol. The van der Waals surface area contributed by atoms with E-state index in [2.05, 4.69) is 31.3 Å². The summed E-state index contributed by atoms with van der Waals surface area (Å²) in [5.41, 5.74) is 0.636. The summed E-state index contributed by atoms with van der Waals surface area (Å²) in [5, 5.41) is 3.42. The highest BCUT2D eigenvalue weighted by Crippen LogP contribution is 2.21. The highest BCUT2D eigenvalue weighted by Gasteiger charge is 2.04. The van der Waals surface area contributed by atoms with Crippen molar-refractivity contribution < 1.29 is 9.13 Å². The molecule has 0 fully saturated rings. The summed E-state index contributed by atoms with van der Waals surface area (Å²) in [7, 11) is 0. The van der Waals surface area contributed by atoms with Crippen LogP contribution in [0.1, 0.15) is 29.2 Å². The van der Waals surface area contributed by atoms with Gasteiger partial charge >= 0.3 is 0 Å². The Kier molecular flexibility index (Phi) is 5.76. The maximum absolute atomic E-state index is 13.4. The highest BCUT2D eigenvalue weighted by molar-refractivity contribution is 7.11. The SMILES string of the molecule is Cc1ccc(OCc2ccc(CNCC(C)C)s2)cc1F. The van der Waals surface area contributed by atoms with Crippen LogP contribution in [-0.4, -0.2) is 6.54 Å². The minimum atomic E-state index is -0.225. The van der Waals surface area contributed by atoms with Crippen molar-refractivity contribution in [3.63, 3.8) is 0 Å². The van der Waals surface area contributed by atoms with Crippen LogP contribution in [0.5, 0.6) is 5.75 Å². The van der Waals surface area contributed by atoms with Crippen molar-refractivity contribution in [2.24, 2.45) is 5.92 Å². The molecule has 0 unspecified atom stereocenters. The highest BCUT2D eigenvalue weighted by atomic mass is 32.1. The number of rotatable bonds is 7. The van der Waals surface area contributed by atoms with Crippen molar-refractivity contribution in [1.29, 1.82) is 0 Å². The van der Waals surface area contributed by atoms with E-state index in [-0.39, 0.29) is 5.82 Å². The fraction of sp³-hybridized carbons (Fsp3) is 0.412. The van der Waals surface area contributed by atoms with Crippen molar-refractivity contribution in [3.8, 4) is 5.75 Å². The second-order valence-electron chi connectivity index (χ2n) is 5.59. The summed E-state index contributed by atoms with van der Waals surface area (Å²) in [6.45, 7) is 8.53. The van der Waals surface area contributed by atoms with E-state index in [0.29, 0.717) is 23.8 Å². The molecule has 0 spiro atoms. The predicted octanol–water partition coefficient (Wildman–Crippen LogP) is 4.52. The molecule has 1 aromatic heterocycles. The molecule has 21 heavy (non-hydrogen) atoms. The van der Waals surface area contributed by atoms with Gasteiger partial charge in [0.05, 0.1) is 0 Å². The Balaban J connectivity index is 1.83. The van der Waals surface area contributed by atoms with Gasteiger partial charge in [-0.15, -0.1) is 11.3 Å². The van der Waals surface area contributed by atoms with Gasteiger partial charge in [0.1, 0.15) is 18.2 Å². The van der Waals surface area contributed by atoms with Crippen molar-refractivity contribution in [1.82, 2.24) is 5.32 Å². The van der Waals surface area contributed by atoms with Gasteiger partial charge in [0, 0.05) is 22.4 Å². The van der Waals surface area contributed by atoms with Crippen LogP contribution in [-0.2, 0) is 13.2 Å². The lowest BCUT2D eigenvalue weighted by Gasteiger charge is -2.06. The number of nitrogens with one attached hydrogen (secondary N) is 1. The van der Waals surface area contributed by atoms with Crippen molar-refractivity contribution in [3.05, 3.63) is 51.5 Å². The van der Waals surface area contributed by atoms with E-state index in [0.717, 1.165) is 18.0 Å². The lowest BCUT2D eigenvalue weighted by molar-refractivity contribution is 0.308. The van der Waals surface area contributed by atoms with Crippen molar-refractivity contribution in [2.45, 2.75) is 33.9 Å². The van der Waals surface area contributed by atoms with Gasteiger partial charge in [-0.2, -0.15) is 0 Å². The normalized spacial score (nSPS) is 11.1. The third-order valence-electron chi connectivity index (χ3n) is 3.09. The second-order valence-corrected chi connectivity index (χ2v) is 6.85. The average Bonchev–Trinajstić information content (AvgIpc) is 2.88. The molecule has 1 N–H and O–H groups in total. The lowest BCUT2D eigenvalue weighted by Crippen LogP contribution is -2.18. The Labute approximate surface area is 130 Å². The minimum Gasteiger partial charge on any atom is -0.488 e. The standard InChI is InChI=1S/C17H22FNOS/c1-12(2)9-19-10-15-6-7-16(21-15)11-20-14-5-4-13(3)17(18)8-14/h4-8,12,19H,9-11H2,1-3H3. The van der Waals surface area contributed by atoms with Crippen LogP contribution in [0.15, 0.2) is 30.3 Å². The van der Waals surface area contributed by atoms with Gasteiger partial charge in [0.2, 0.25) is 0 Å². The zero-order valence-electron chi connectivity index (χ0n) is 12.8. The van der Waals surface area contributed by atoms with Crippen LogP contribution in [0, 0.1) is 18.7 Å². The molecule has 0 saturated heterocycles. The fourth-order valence-corrected chi connectivity index (χ4v) is 2.80. The van der Waals surface area contributed by atoms with Gasteiger partial charge in [-0.3, -0.25) is 0 Å². The lowest BCUT2D eigenvalue weighted by atomic mass is 10.2. The summed E-state index contributed by atoms with van der Waals surface area (Å²) < 4.78 is 19.1. The molecule has 4 heteroatoms. The molecule has 0 saturated carbocycles. The third-order valence-corrected chi connectivity index (χ3v) is 4.15. The number of aryl methyl sites for hydroxylation is 1. The molecule has 2 aromatic rings. The maximum atomic E-state index is 13.4. The molecular formula is C17H22FNOS. The molecule has 1 aromatic carbocycles. The molecule has 0 radical (unpaired) electrons. The fourth-order valence-electron chi connectivity index (χ4n) is 1.90. The van der Waals surface area contributed by atoms with Gasteiger partial charge in [-0.05, 0) is 43.1 Å². The van der Waals surface area contributed by atoms with E-state index >= 15 is 0 Å². The van der Waals surface area contributed by atoms with Crippen LogP contribution in [0.3, 0.4) is 0 Å². The first-order valence-electron chi connectivity index (χ1n) is 7.22. The zero-order valence-corrected chi connectivity index (χ0v) is 13.6. The van der Waals surface area contributed by atoms with Crippen LogP contribution >= 0.6 is 11.3 Å². The van der Waals surface area contributed by atoms with E-state index in [1.807, 2.05) is 0 Å². The third kappa shape index (κ3) is 5.14. The first-order valence-corrected chi connectivity index (χ1v) is 8.03. The largest absolute Gasteiger partial charge is 0.488 e. The Morgan fingerprint density at radius 1 is 1.19 bits per heavy atom. The Bertz CT molecular complexity index is 580. The summed E-state index contributed by atoms with van der Waals surface area (Å²) in [6, 6.07) is 9.17. The first-order chi connectivity index (χ1) is 10.0. The van der Waals surface area contributed by atoms with E-state index in [1.54, 1.807) is 30.4 Å². The maximum Gasteiger partial charge on any atom is 0.129 e. The molecule has 0 amide bonds. The van der Waals surface area contributed by atoms with Crippen LogP contribution in [0.2, 0.25) is 0 Å². The van der Waals surface area contributed by atoms with Crippen molar-refractivity contribution >= 4 is 11.3 Å². The summed E-state index contributed by atoms with van der Waals surface area (Å²) >= 11 is 1.73. The van der Waals surface area contributed by atoms with Crippen LogP contribution in [0.4, 0.5) is 4.39 Å². The molecule has 0 aliphatic heterocycles. The molecule has 2 nitrogen and oxygen atoms in total. The topological polar surface area (TPSA) is 21.3 Å². The predicted molar refractivity (Wildman–Crippen MR) is 86.3 cm³/mol. The summed E-state index contributed by atoms with van der Waals surface area (Å²) in [4.78, 5) is 2.45. The molecule has 1 heterocycles. The molecule has 0 atom stereocenters. The Morgan fingerprint density at radius 2 is 1.95 bits per heavy atom. The number of halogens is 1. The number of thiophene rings is 1. The van der Waals surface area contributed by atoms with Gasteiger partial charge in [-0.25, -0.2) is 4.39 Å².